The maximum absolute atomic E-state index is 12.6. The Balaban J connectivity index is 1.58. The van der Waals surface area contributed by atoms with E-state index in [-0.39, 0.29) is 17.6 Å². The average Bonchev–Trinajstić information content (AvgIpc) is 3.20. The Hall–Kier alpha value is -3.08. The van der Waals surface area contributed by atoms with Crippen LogP contribution in [0.2, 0.25) is 0 Å². The van der Waals surface area contributed by atoms with Gasteiger partial charge in [-0.3, -0.25) is 4.79 Å². The number of Topliss-reactive ketones (excluding diaryl/α,β-unsaturated/α-hetero) is 1. The van der Waals surface area contributed by atoms with Crippen LogP contribution >= 0.6 is 0 Å². The second-order valence-corrected chi connectivity index (χ2v) is 6.05. The number of hydrogen-bond acceptors (Lipinski definition) is 5. The first-order valence-electron chi connectivity index (χ1n) is 8.31. The zero-order chi connectivity index (χ0) is 17.4. The van der Waals surface area contributed by atoms with Crippen molar-refractivity contribution in [3.63, 3.8) is 0 Å². The summed E-state index contributed by atoms with van der Waals surface area (Å²) < 4.78 is 5.54. The van der Waals surface area contributed by atoms with Gasteiger partial charge in [-0.1, -0.05) is 36.4 Å². The fraction of sp³-hybridized carbons (Fsp3) is 0.200. The van der Waals surface area contributed by atoms with Crippen LogP contribution in [-0.2, 0) is 0 Å². The molecule has 1 heterocycles. The summed E-state index contributed by atoms with van der Waals surface area (Å²) in [6.07, 6.45) is 0.536. The van der Waals surface area contributed by atoms with Gasteiger partial charge < -0.3 is 15.3 Å². The van der Waals surface area contributed by atoms with Crippen molar-refractivity contribution in [3.05, 3.63) is 70.8 Å². The van der Waals surface area contributed by atoms with E-state index < -0.39 is 0 Å². The lowest BCUT2D eigenvalue weighted by Gasteiger charge is -2.12. The third-order valence-corrected chi connectivity index (χ3v) is 4.50. The van der Waals surface area contributed by atoms with Gasteiger partial charge in [0.1, 0.15) is 11.5 Å². The highest BCUT2D eigenvalue weighted by Crippen LogP contribution is 2.35. The molecule has 2 aliphatic rings. The van der Waals surface area contributed by atoms with E-state index in [1.54, 1.807) is 18.2 Å². The van der Waals surface area contributed by atoms with E-state index >= 15 is 0 Å². The maximum atomic E-state index is 12.6. The zero-order valence-electron chi connectivity index (χ0n) is 13.8. The van der Waals surface area contributed by atoms with Crippen molar-refractivity contribution < 1.29 is 14.6 Å². The molecule has 0 saturated carbocycles. The summed E-state index contributed by atoms with van der Waals surface area (Å²) in [5.41, 5.74) is 6.10. The summed E-state index contributed by atoms with van der Waals surface area (Å²) in [7, 11) is 0. The van der Waals surface area contributed by atoms with Crippen LogP contribution < -0.4 is 10.2 Å². The number of nitrogens with zero attached hydrogens (tertiary/aromatic N) is 1. The van der Waals surface area contributed by atoms with E-state index in [9.17, 15) is 9.90 Å². The van der Waals surface area contributed by atoms with Crippen LogP contribution in [0.5, 0.6) is 5.75 Å². The maximum Gasteiger partial charge on any atom is 0.199 e. The number of hydrazone groups is 1. The molecule has 2 aromatic rings. The molecule has 0 spiro atoms. The Morgan fingerprint density at radius 1 is 1.20 bits per heavy atom. The average molecular weight is 334 g/mol. The molecule has 4 rings (SSSR count). The van der Waals surface area contributed by atoms with Crippen molar-refractivity contribution in [3.8, 4) is 5.75 Å². The number of carbonyl (C=O) groups excluding carboxylic acids is 1. The zero-order valence-corrected chi connectivity index (χ0v) is 13.8. The van der Waals surface area contributed by atoms with E-state index in [4.69, 9.17) is 4.74 Å². The topological polar surface area (TPSA) is 70.9 Å². The lowest BCUT2D eigenvalue weighted by Crippen LogP contribution is -2.12. The van der Waals surface area contributed by atoms with Gasteiger partial charge in [0.25, 0.3) is 0 Å². The van der Waals surface area contributed by atoms with Gasteiger partial charge in [-0.15, -0.1) is 0 Å². The van der Waals surface area contributed by atoms with Gasteiger partial charge in [-0.25, -0.2) is 0 Å². The van der Waals surface area contributed by atoms with Crippen molar-refractivity contribution in [2.75, 3.05) is 6.61 Å². The molecule has 5 heteroatoms. The van der Waals surface area contributed by atoms with Gasteiger partial charge in [0.05, 0.1) is 23.9 Å². The van der Waals surface area contributed by atoms with Gasteiger partial charge in [0.2, 0.25) is 0 Å². The van der Waals surface area contributed by atoms with Gasteiger partial charge in [0, 0.05) is 17.5 Å². The molecule has 0 radical (unpaired) electrons. The number of carbonyl (C=O) groups is 1. The highest BCUT2D eigenvalue weighted by molar-refractivity contribution is 6.35. The van der Waals surface area contributed by atoms with E-state index in [0.29, 0.717) is 35.4 Å². The molecule has 0 aromatic heterocycles. The van der Waals surface area contributed by atoms with Crippen LogP contribution in [0, 0.1) is 0 Å². The molecule has 2 N–H and O–H groups in total. The van der Waals surface area contributed by atoms with Gasteiger partial charge in [-0.2, -0.15) is 5.10 Å². The molecule has 0 saturated heterocycles. The van der Waals surface area contributed by atoms with Crippen molar-refractivity contribution in [1.82, 2.24) is 5.43 Å². The van der Waals surface area contributed by atoms with Gasteiger partial charge in [-0.05, 0) is 24.6 Å². The number of benzene rings is 2. The third kappa shape index (κ3) is 2.58. The smallest absolute Gasteiger partial charge is 0.199 e. The summed E-state index contributed by atoms with van der Waals surface area (Å²) in [6, 6.07) is 14.9. The molecule has 0 bridgehead atoms. The number of nitrogens with one attached hydrogen (secondary N) is 1. The fourth-order valence-electron chi connectivity index (χ4n) is 3.31. The van der Waals surface area contributed by atoms with Crippen molar-refractivity contribution in [1.29, 1.82) is 0 Å². The van der Waals surface area contributed by atoms with Crippen molar-refractivity contribution >= 4 is 17.3 Å². The number of fused-ring (bicyclic) bond motifs is 1. The van der Waals surface area contributed by atoms with Crippen LogP contribution in [0.25, 0.3) is 5.76 Å². The first-order chi connectivity index (χ1) is 12.2. The molecule has 5 nitrogen and oxygen atoms in total. The minimum absolute atomic E-state index is 0.0184. The van der Waals surface area contributed by atoms with Crippen molar-refractivity contribution in [2.45, 2.75) is 19.4 Å². The summed E-state index contributed by atoms with van der Waals surface area (Å²) in [4.78, 5) is 12.6. The monoisotopic (exact) mass is 334 g/mol. The van der Waals surface area contributed by atoms with Gasteiger partial charge in [0.15, 0.2) is 5.78 Å². The number of hydrogen-bond donors (Lipinski definition) is 2. The molecule has 25 heavy (non-hydrogen) atoms. The Bertz CT molecular complexity index is 915. The quantitative estimate of drug-likeness (QED) is 0.895. The van der Waals surface area contributed by atoms with Crippen LogP contribution in [0.15, 0.2) is 59.2 Å². The standard InChI is InChI=1S/C20H18N2O3/c1-2-25-13-7-5-6-12(10-13)16-11-17(22-21-16)18-19(23)14-8-3-4-9-15(14)20(18)24/h3-10,16,21,23H,2,11H2,1H3/t16-/m1/s1. The number of aliphatic hydroxyl groups is 1. The van der Waals surface area contributed by atoms with Crippen LogP contribution in [-0.4, -0.2) is 23.2 Å². The lowest BCUT2D eigenvalue weighted by atomic mass is 9.97. The molecule has 1 aliphatic heterocycles. The predicted molar refractivity (Wildman–Crippen MR) is 95.9 cm³/mol. The number of rotatable bonds is 4. The number of allylic oxidation sites excluding steroid dienone is 1. The largest absolute Gasteiger partial charge is 0.506 e. The molecule has 1 aliphatic carbocycles. The second-order valence-electron chi connectivity index (χ2n) is 6.05. The highest BCUT2D eigenvalue weighted by atomic mass is 16.5. The number of ether oxygens (including phenoxy) is 1. The Morgan fingerprint density at radius 2 is 2.00 bits per heavy atom. The summed E-state index contributed by atoms with van der Waals surface area (Å²) in [5.74, 6) is 0.656. The molecule has 0 fully saturated rings. The van der Waals surface area contributed by atoms with E-state index in [1.807, 2.05) is 37.3 Å². The van der Waals surface area contributed by atoms with E-state index in [2.05, 4.69) is 10.5 Å². The van der Waals surface area contributed by atoms with Crippen LogP contribution in [0.4, 0.5) is 0 Å². The van der Waals surface area contributed by atoms with Crippen LogP contribution in [0.3, 0.4) is 0 Å². The minimum Gasteiger partial charge on any atom is -0.506 e. The first kappa shape index (κ1) is 15.4. The normalized spacial score (nSPS) is 18.8. The summed E-state index contributed by atoms with van der Waals surface area (Å²) in [6.45, 7) is 2.55. The molecular formula is C20H18N2O3. The summed E-state index contributed by atoms with van der Waals surface area (Å²) in [5, 5.41) is 14.8. The van der Waals surface area contributed by atoms with E-state index in [0.717, 1.165) is 11.3 Å². The Morgan fingerprint density at radius 3 is 2.76 bits per heavy atom. The predicted octanol–water partition coefficient (Wildman–Crippen LogP) is 3.64. The Kier molecular flexibility index (Phi) is 3.76. The first-order valence-corrected chi connectivity index (χ1v) is 8.31. The minimum atomic E-state index is -0.169. The molecular weight excluding hydrogens is 316 g/mol. The molecule has 1 atom stereocenters. The third-order valence-electron chi connectivity index (χ3n) is 4.50. The van der Waals surface area contributed by atoms with Crippen molar-refractivity contribution in [2.24, 2.45) is 5.10 Å². The molecule has 2 aromatic carbocycles. The molecule has 0 unspecified atom stereocenters. The Labute approximate surface area is 145 Å². The van der Waals surface area contributed by atoms with E-state index in [1.165, 1.54) is 0 Å². The molecule has 0 amide bonds. The van der Waals surface area contributed by atoms with Gasteiger partial charge >= 0.3 is 0 Å². The lowest BCUT2D eigenvalue weighted by molar-refractivity contribution is 0.104. The second kappa shape index (κ2) is 6.09. The number of aliphatic hydroxyl groups excluding tert-OH is 1. The highest BCUT2D eigenvalue weighted by Gasteiger charge is 2.35. The summed E-state index contributed by atoms with van der Waals surface area (Å²) >= 11 is 0. The van der Waals surface area contributed by atoms with Crippen LogP contribution in [0.1, 0.15) is 40.9 Å². The molecule has 126 valence electrons. The fourth-order valence-corrected chi connectivity index (χ4v) is 3.31. The SMILES string of the molecule is CCOc1cccc([C@H]2CC(C3=C(O)c4ccccc4C3=O)=NN2)c1. The number of ketones is 1.